The van der Waals surface area contributed by atoms with E-state index in [1.807, 2.05) is 0 Å². The molecule has 0 N–H and O–H groups in total. The molecule has 0 atom stereocenters. The fourth-order valence-electron chi connectivity index (χ4n) is 2.82. The maximum Gasteiger partial charge on any atom is 0.230 e. The molecule has 0 saturated carbocycles. The van der Waals surface area contributed by atoms with Crippen LogP contribution in [0, 0.1) is 6.92 Å². The normalized spacial score (nSPS) is 18.9. The van der Waals surface area contributed by atoms with Crippen molar-refractivity contribution in [2.75, 3.05) is 62.4 Å². The van der Waals surface area contributed by atoms with Gasteiger partial charge in [0.15, 0.2) is 5.82 Å². The summed E-state index contributed by atoms with van der Waals surface area (Å²) in [6.07, 6.45) is 0. The van der Waals surface area contributed by atoms with Gasteiger partial charge in [-0.15, -0.1) is 11.3 Å². The first-order chi connectivity index (χ1) is 11.8. The van der Waals surface area contributed by atoms with E-state index in [4.69, 9.17) is 24.4 Å². The fourth-order valence-corrected chi connectivity index (χ4v) is 3.65. The summed E-state index contributed by atoms with van der Waals surface area (Å²) in [5.74, 6) is 2.25. The van der Waals surface area contributed by atoms with Crippen molar-refractivity contribution in [2.45, 2.75) is 6.92 Å². The quantitative estimate of drug-likeness (QED) is 0.835. The number of nitrogens with zero attached hydrogens (tertiary/aromatic N) is 5. The number of rotatable bonds is 3. The molecular weight excluding hydrogens is 326 g/mol. The Morgan fingerprint density at radius 2 is 1.42 bits per heavy atom. The minimum atomic E-state index is 0.714. The van der Waals surface area contributed by atoms with Gasteiger partial charge in [-0.05, 0) is 23.9 Å². The van der Waals surface area contributed by atoms with Gasteiger partial charge >= 0.3 is 0 Å². The standard InChI is InChI=1S/C16H21N5O2S/c1-12-10-13(24-11-12)14-17-15(20-2-6-22-7-3-20)19-16(18-14)21-4-8-23-9-5-21/h10-11H,2-9H2,1H3. The van der Waals surface area contributed by atoms with Crippen molar-refractivity contribution in [2.24, 2.45) is 0 Å². The summed E-state index contributed by atoms with van der Waals surface area (Å²) in [4.78, 5) is 19.7. The van der Waals surface area contributed by atoms with Crippen LogP contribution in [0.5, 0.6) is 0 Å². The Morgan fingerprint density at radius 3 is 1.88 bits per heavy atom. The third kappa shape index (κ3) is 3.35. The number of ether oxygens (including phenoxy) is 2. The molecule has 0 aliphatic carbocycles. The van der Waals surface area contributed by atoms with Crippen LogP contribution in [0.3, 0.4) is 0 Å². The number of hydrogen-bond donors (Lipinski definition) is 0. The first-order valence-electron chi connectivity index (χ1n) is 8.26. The molecule has 8 heteroatoms. The van der Waals surface area contributed by atoms with Gasteiger partial charge in [0.2, 0.25) is 11.9 Å². The number of anilines is 2. The molecule has 128 valence electrons. The predicted octanol–water partition coefficient (Wildman–Crippen LogP) is 1.58. The van der Waals surface area contributed by atoms with Gasteiger partial charge < -0.3 is 19.3 Å². The zero-order chi connectivity index (χ0) is 16.4. The van der Waals surface area contributed by atoms with E-state index < -0.39 is 0 Å². The smallest absolute Gasteiger partial charge is 0.230 e. The van der Waals surface area contributed by atoms with Crippen LogP contribution in [-0.4, -0.2) is 67.6 Å². The molecule has 4 rings (SSSR count). The molecule has 0 amide bonds. The summed E-state index contributed by atoms with van der Waals surface area (Å²) in [7, 11) is 0. The lowest BCUT2D eigenvalue weighted by Crippen LogP contribution is -2.40. The highest BCUT2D eigenvalue weighted by Gasteiger charge is 2.21. The second-order valence-electron chi connectivity index (χ2n) is 5.95. The lowest BCUT2D eigenvalue weighted by molar-refractivity contribution is 0.121. The van der Waals surface area contributed by atoms with Crippen LogP contribution in [0.25, 0.3) is 10.7 Å². The number of aromatic nitrogens is 3. The van der Waals surface area contributed by atoms with E-state index in [0.29, 0.717) is 26.4 Å². The molecule has 7 nitrogen and oxygen atoms in total. The van der Waals surface area contributed by atoms with Crippen LogP contribution in [0.4, 0.5) is 11.9 Å². The molecule has 2 aromatic rings. The Kier molecular flexibility index (Phi) is 4.59. The summed E-state index contributed by atoms with van der Waals surface area (Å²) >= 11 is 1.67. The van der Waals surface area contributed by atoms with Gasteiger partial charge in [0, 0.05) is 26.2 Å². The molecule has 0 bridgehead atoms. The molecule has 2 fully saturated rings. The van der Waals surface area contributed by atoms with E-state index >= 15 is 0 Å². The Bertz CT molecular complexity index is 659. The first-order valence-corrected chi connectivity index (χ1v) is 9.14. The molecule has 2 aliphatic heterocycles. The van der Waals surface area contributed by atoms with E-state index in [2.05, 4.69) is 28.2 Å². The zero-order valence-electron chi connectivity index (χ0n) is 13.8. The van der Waals surface area contributed by atoms with Crippen LogP contribution < -0.4 is 9.80 Å². The number of thiophene rings is 1. The Hall–Kier alpha value is -1.77. The third-order valence-corrected chi connectivity index (χ3v) is 5.19. The molecule has 0 unspecified atom stereocenters. The fraction of sp³-hybridized carbons (Fsp3) is 0.562. The van der Waals surface area contributed by atoms with Crippen molar-refractivity contribution in [1.29, 1.82) is 0 Å². The minimum absolute atomic E-state index is 0.714. The van der Waals surface area contributed by atoms with E-state index in [-0.39, 0.29) is 0 Å². The maximum atomic E-state index is 5.45. The molecule has 2 saturated heterocycles. The largest absolute Gasteiger partial charge is 0.378 e. The molecule has 0 radical (unpaired) electrons. The number of hydrogen-bond acceptors (Lipinski definition) is 8. The van der Waals surface area contributed by atoms with Gasteiger partial charge in [-0.25, -0.2) is 0 Å². The van der Waals surface area contributed by atoms with Gasteiger partial charge in [0.05, 0.1) is 31.3 Å². The van der Waals surface area contributed by atoms with Gasteiger partial charge in [0.25, 0.3) is 0 Å². The average Bonchev–Trinajstić information content (AvgIpc) is 3.09. The first kappa shape index (κ1) is 15.7. The van der Waals surface area contributed by atoms with E-state index in [9.17, 15) is 0 Å². The van der Waals surface area contributed by atoms with Gasteiger partial charge in [-0.2, -0.15) is 15.0 Å². The van der Waals surface area contributed by atoms with Crippen molar-refractivity contribution >= 4 is 23.2 Å². The minimum Gasteiger partial charge on any atom is -0.378 e. The van der Waals surface area contributed by atoms with Crippen LogP contribution >= 0.6 is 11.3 Å². The van der Waals surface area contributed by atoms with Crippen molar-refractivity contribution in [3.63, 3.8) is 0 Å². The van der Waals surface area contributed by atoms with Crippen LogP contribution in [0.1, 0.15) is 5.56 Å². The zero-order valence-corrected chi connectivity index (χ0v) is 14.6. The molecule has 24 heavy (non-hydrogen) atoms. The van der Waals surface area contributed by atoms with Crippen LogP contribution in [-0.2, 0) is 9.47 Å². The van der Waals surface area contributed by atoms with Crippen molar-refractivity contribution in [3.05, 3.63) is 17.0 Å². The summed E-state index contributed by atoms with van der Waals surface area (Å²) in [5, 5.41) is 2.13. The molecule has 0 aromatic carbocycles. The highest BCUT2D eigenvalue weighted by atomic mass is 32.1. The van der Waals surface area contributed by atoms with Gasteiger partial charge in [-0.1, -0.05) is 0 Å². The molecule has 2 aromatic heterocycles. The maximum absolute atomic E-state index is 5.45. The molecule has 4 heterocycles. The summed E-state index contributed by atoms with van der Waals surface area (Å²) in [5.41, 5.74) is 1.23. The van der Waals surface area contributed by atoms with Gasteiger partial charge in [-0.3, -0.25) is 0 Å². The van der Waals surface area contributed by atoms with Crippen LogP contribution in [0.15, 0.2) is 11.4 Å². The lowest BCUT2D eigenvalue weighted by atomic mass is 10.3. The average molecular weight is 347 g/mol. The molecular formula is C16H21N5O2S. The van der Waals surface area contributed by atoms with Gasteiger partial charge in [0.1, 0.15) is 0 Å². The summed E-state index contributed by atoms with van der Waals surface area (Å²) < 4.78 is 10.9. The topological polar surface area (TPSA) is 63.6 Å². The monoisotopic (exact) mass is 347 g/mol. The van der Waals surface area contributed by atoms with Crippen molar-refractivity contribution in [1.82, 2.24) is 15.0 Å². The second-order valence-corrected chi connectivity index (χ2v) is 6.86. The second kappa shape index (κ2) is 7.00. The Labute approximate surface area is 145 Å². The number of morpholine rings is 2. The third-order valence-electron chi connectivity index (χ3n) is 4.15. The highest BCUT2D eigenvalue weighted by Crippen LogP contribution is 2.27. The summed E-state index contributed by atoms with van der Waals surface area (Å²) in [6, 6.07) is 2.13. The highest BCUT2D eigenvalue weighted by molar-refractivity contribution is 7.13. The molecule has 2 aliphatic rings. The predicted molar refractivity (Wildman–Crippen MR) is 93.9 cm³/mol. The van der Waals surface area contributed by atoms with E-state index in [0.717, 1.165) is 48.8 Å². The number of aryl methyl sites for hydroxylation is 1. The lowest BCUT2D eigenvalue weighted by Gasteiger charge is -2.30. The Balaban J connectivity index is 1.71. The van der Waals surface area contributed by atoms with Crippen molar-refractivity contribution < 1.29 is 9.47 Å². The summed E-state index contributed by atoms with van der Waals surface area (Å²) in [6.45, 7) is 8.21. The van der Waals surface area contributed by atoms with Crippen LogP contribution in [0.2, 0.25) is 0 Å². The molecule has 0 spiro atoms. The Morgan fingerprint density at radius 1 is 0.875 bits per heavy atom. The van der Waals surface area contributed by atoms with E-state index in [1.165, 1.54) is 5.56 Å². The van der Waals surface area contributed by atoms with E-state index in [1.54, 1.807) is 11.3 Å². The SMILES string of the molecule is Cc1csc(-c2nc(N3CCOCC3)nc(N3CCOCC3)n2)c1. The van der Waals surface area contributed by atoms with Crippen molar-refractivity contribution in [3.8, 4) is 10.7 Å².